The molecule has 1 atom stereocenters. The van der Waals surface area contributed by atoms with Crippen molar-refractivity contribution in [2.75, 3.05) is 0 Å². The number of alkyl carbamates (subject to hydrolysis) is 1. The largest absolute Gasteiger partial charge is 0.445 e. The number of benzene rings is 2. The molecule has 2 aromatic carbocycles. The zero-order valence-electron chi connectivity index (χ0n) is 12.5. The summed E-state index contributed by atoms with van der Waals surface area (Å²) in [5.41, 5.74) is 1.29. The van der Waals surface area contributed by atoms with Crippen LogP contribution in [-0.4, -0.2) is 12.1 Å². The second kappa shape index (κ2) is 8.08. The molecule has 2 rings (SSSR count). The molecule has 1 unspecified atom stereocenters. The van der Waals surface area contributed by atoms with Crippen molar-refractivity contribution >= 4 is 6.09 Å². The third-order valence-electron chi connectivity index (χ3n) is 3.18. The number of carbonyl (C=O) groups is 1. The van der Waals surface area contributed by atoms with Crippen molar-refractivity contribution in [3.63, 3.8) is 0 Å². The third-order valence-corrected chi connectivity index (χ3v) is 3.18. The zero-order valence-corrected chi connectivity index (χ0v) is 12.5. The average molecular weight is 317 g/mol. The molecule has 1 amide bonds. The maximum absolute atomic E-state index is 13.2. The Morgan fingerprint density at radius 1 is 1.13 bits per heavy atom. The Morgan fingerprint density at radius 3 is 2.39 bits per heavy atom. The molecule has 0 spiro atoms. The Labute approximate surface area is 133 Å². The second-order valence-corrected chi connectivity index (χ2v) is 5.03. The van der Waals surface area contributed by atoms with Crippen LogP contribution in [0.1, 0.15) is 11.1 Å². The Kier molecular flexibility index (Phi) is 5.86. The maximum atomic E-state index is 13.2. The van der Waals surface area contributed by atoms with E-state index in [9.17, 15) is 13.6 Å². The highest BCUT2D eigenvalue weighted by atomic mass is 19.1. The van der Waals surface area contributed by atoms with Gasteiger partial charge >= 0.3 is 6.09 Å². The van der Waals surface area contributed by atoms with Gasteiger partial charge in [-0.25, -0.2) is 13.6 Å². The summed E-state index contributed by atoms with van der Waals surface area (Å²) < 4.78 is 31.5. The summed E-state index contributed by atoms with van der Waals surface area (Å²) in [5.74, 6) is -1.32. The molecule has 0 bridgehead atoms. The minimum Gasteiger partial charge on any atom is -0.445 e. The first-order valence-electron chi connectivity index (χ1n) is 7.11. The molecule has 0 saturated carbocycles. The van der Waals surface area contributed by atoms with Crippen LogP contribution in [0, 0.1) is 11.6 Å². The van der Waals surface area contributed by atoms with Crippen LogP contribution in [0.15, 0.2) is 61.2 Å². The van der Waals surface area contributed by atoms with Gasteiger partial charge in [-0.2, -0.15) is 0 Å². The van der Waals surface area contributed by atoms with Gasteiger partial charge in [0.1, 0.15) is 18.2 Å². The van der Waals surface area contributed by atoms with Crippen molar-refractivity contribution in [1.29, 1.82) is 0 Å². The van der Waals surface area contributed by atoms with E-state index >= 15 is 0 Å². The topological polar surface area (TPSA) is 38.3 Å². The van der Waals surface area contributed by atoms with Crippen molar-refractivity contribution in [1.82, 2.24) is 5.32 Å². The van der Waals surface area contributed by atoms with Crippen LogP contribution in [0.2, 0.25) is 0 Å². The van der Waals surface area contributed by atoms with E-state index in [4.69, 9.17) is 4.74 Å². The number of hydrogen-bond donors (Lipinski definition) is 1. The summed E-state index contributed by atoms with van der Waals surface area (Å²) in [7, 11) is 0. The minimum absolute atomic E-state index is 0.144. The van der Waals surface area contributed by atoms with Gasteiger partial charge in [0.15, 0.2) is 0 Å². The number of hydrogen-bond acceptors (Lipinski definition) is 2. The van der Waals surface area contributed by atoms with E-state index < -0.39 is 23.8 Å². The van der Waals surface area contributed by atoms with Crippen LogP contribution in [0.4, 0.5) is 13.6 Å². The van der Waals surface area contributed by atoms with E-state index in [0.717, 1.165) is 11.6 Å². The quantitative estimate of drug-likeness (QED) is 0.818. The standard InChI is InChI=1S/C18H17F2NO2/c1-2-17(10-14-8-15(19)11-16(20)9-14)21-18(22)23-12-13-6-4-3-5-7-13/h2-9,11,17H,1,10,12H2,(H,21,22). The number of halogens is 2. The molecule has 1 N–H and O–H groups in total. The highest BCUT2D eigenvalue weighted by Crippen LogP contribution is 2.11. The molecule has 0 saturated heterocycles. The highest BCUT2D eigenvalue weighted by molar-refractivity contribution is 5.68. The Morgan fingerprint density at radius 2 is 1.78 bits per heavy atom. The van der Waals surface area contributed by atoms with Crippen LogP contribution >= 0.6 is 0 Å². The van der Waals surface area contributed by atoms with Gasteiger partial charge in [-0.05, 0) is 29.7 Å². The fraction of sp³-hybridized carbons (Fsp3) is 0.167. The number of rotatable bonds is 6. The van der Waals surface area contributed by atoms with Gasteiger partial charge in [0.05, 0.1) is 6.04 Å². The Balaban J connectivity index is 1.88. The van der Waals surface area contributed by atoms with Crippen molar-refractivity contribution in [2.45, 2.75) is 19.1 Å². The molecule has 0 radical (unpaired) electrons. The van der Waals surface area contributed by atoms with Gasteiger partial charge in [-0.1, -0.05) is 36.4 Å². The number of carbonyl (C=O) groups excluding carboxylic acids is 1. The molecule has 0 heterocycles. The second-order valence-electron chi connectivity index (χ2n) is 5.03. The number of amides is 1. The van der Waals surface area contributed by atoms with E-state index in [-0.39, 0.29) is 13.0 Å². The first-order valence-corrected chi connectivity index (χ1v) is 7.11. The van der Waals surface area contributed by atoms with Crippen LogP contribution in [0.3, 0.4) is 0 Å². The highest BCUT2D eigenvalue weighted by Gasteiger charge is 2.12. The van der Waals surface area contributed by atoms with Crippen molar-refractivity contribution < 1.29 is 18.3 Å². The fourth-order valence-corrected chi connectivity index (χ4v) is 2.09. The monoisotopic (exact) mass is 317 g/mol. The summed E-state index contributed by atoms with van der Waals surface area (Å²) in [6.45, 7) is 3.76. The van der Waals surface area contributed by atoms with Gasteiger partial charge < -0.3 is 10.1 Å². The van der Waals surface area contributed by atoms with Gasteiger partial charge in [0.2, 0.25) is 0 Å². The van der Waals surface area contributed by atoms with E-state index in [1.165, 1.54) is 18.2 Å². The molecule has 0 aromatic heterocycles. The number of ether oxygens (including phenoxy) is 1. The van der Waals surface area contributed by atoms with E-state index in [0.29, 0.717) is 5.56 Å². The lowest BCUT2D eigenvalue weighted by molar-refractivity contribution is 0.137. The predicted octanol–water partition coefficient (Wildman–Crippen LogP) is 3.99. The molecule has 0 fully saturated rings. The van der Waals surface area contributed by atoms with Crippen LogP contribution in [0.5, 0.6) is 0 Å². The van der Waals surface area contributed by atoms with Gasteiger partial charge in [-0.3, -0.25) is 0 Å². The van der Waals surface area contributed by atoms with E-state index in [1.54, 1.807) is 0 Å². The molecule has 23 heavy (non-hydrogen) atoms. The summed E-state index contributed by atoms with van der Waals surface area (Å²) in [6.07, 6.45) is 1.10. The fourth-order valence-electron chi connectivity index (χ4n) is 2.09. The lowest BCUT2D eigenvalue weighted by Gasteiger charge is -2.15. The molecule has 5 heteroatoms. The number of nitrogens with one attached hydrogen (secondary N) is 1. The smallest absolute Gasteiger partial charge is 0.407 e. The zero-order chi connectivity index (χ0) is 16.7. The van der Waals surface area contributed by atoms with Crippen molar-refractivity contribution in [2.24, 2.45) is 0 Å². The predicted molar refractivity (Wildman–Crippen MR) is 83.8 cm³/mol. The molecule has 2 aromatic rings. The summed E-state index contributed by atoms with van der Waals surface area (Å²) >= 11 is 0. The van der Waals surface area contributed by atoms with Crippen LogP contribution in [0.25, 0.3) is 0 Å². The Bertz CT molecular complexity index is 654. The van der Waals surface area contributed by atoms with E-state index in [2.05, 4.69) is 11.9 Å². The van der Waals surface area contributed by atoms with Gasteiger partial charge in [0.25, 0.3) is 0 Å². The summed E-state index contributed by atoms with van der Waals surface area (Å²) in [5, 5.41) is 2.60. The molecule has 120 valence electrons. The van der Waals surface area contributed by atoms with Crippen molar-refractivity contribution in [3.05, 3.63) is 83.9 Å². The third kappa shape index (κ3) is 5.54. The van der Waals surface area contributed by atoms with Crippen LogP contribution in [-0.2, 0) is 17.8 Å². The molecule has 0 aliphatic rings. The average Bonchev–Trinajstić information content (AvgIpc) is 2.52. The first-order chi connectivity index (χ1) is 11.1. The minimum atomic E-state index is -0.658. The normalized spacial score (nSPS) is 11.6. The lowest BCUT2D eigenvalue weighted by atomic mass is 10.1. The Hall–Kier alpha value is -2.69. The molecular weight excluding hydrogens is 300 g/mol. The van der Waals surface area contributed by atoms with Crippen LogP contribution < -0.4 is 5.32 Å². The van der Waals surface area contributed by atoms with E-state index in [1.807, 2.05) is 30.3 Å². The SMILES string of the molecule is C=CC(Cc1cc(F)cc(F)c1)NC(=O)OCc1ccccc1. The lowest BCUT2D eigenvalue weighted by Crippen LogP contribution is -2.35. The maximum Gasteiger partial charge on any atom is 0.407 e. The van der Waals surface area contributed by atoms with Gasteiger partial charge in [0, 0.05) is 6.07 Å². The summed E-state index contributed by atoms with van der Waals surface area (Å²) in [6, 6.07) is 12.0. The van der Waals surface area contributed by atoms with Crippen molar-refractivity contribution in [3.8, 4) is 0 Å². The first kappa shape index (κ1) is 16.7. The molecular formula is C18H17F2NO2. The molecule has 3 nitrogen and oxygen atoms in total. The molecule has 0 aliphatic carbocycles. The van der Waals surface area contributed by atoms with Gasteiger partial charge in [-0.15, -0.1) is 6.58 Å². The molecule has 0 aliphatic heterocycles. The summed E-state index contributed by atoms with van der Waals surface area (Å²) in [4.78, 5) is 11.8.